The third-order valence-corrected chi connectivity index (χ3v) is 6.47. The third kappa shape index (κ3) is 6.02. The lowest BCUT2D eigenvalue weighted by atomic mass is 9.86. The Kier molecular flexibility index (Phi) is 8.19. The van der Waals surface area contributed by atoms with Crippen LogP contribution < -0.4 is 19.7 Å². The van der Waals surface area contributed by atoms with Gasteiger partial charge in [-0.2, -0.15) is 13.2 Å². The second-order valence-corrected chi connectivity index (χ2v) is 9.39. The topological polar surface area (TPSA) is 107 Å². The smallest absolute Gasteiger partial charge is 0.416 e. The van der Waals surface area contributed by atoms with Crippen LogP contribution in [-0.4, -0.2) is 69.7 Å². The summed E-state index contributed by atoms with van der Waals surface area (Å²) in [4.78, 5) is 27.0. The number of anilines is 2. The first-order valence-corrected chi connectivity index (χ1v) is 12.1. The predicted molar refractivity (Wildman–Crippen MR) is 136 cm³/mol. The number of nitrogens with one attached hydrogen (secondary N) is 1. The van der Waals surface area contributed by atoms with Crippen LogP contribution in [0.1, 0.15) is 24.0 Å². The summed E-state index contributed by atoms with van der Waals surface area (Å²) in [5.41, 5.74) is -0.428. The average molecular weight is 551 g/mol. The van der Waals surface area contributed by atoms with Crippen LogP contribution in [0.3, 0.4) is 0 Å². The van der Waals surface area contributed by atoms with Gasteiger partial charge in [-0.1, -0.05) is 6.07 Å². The zero-order valence-electron chi connectivity index (χ0n) is 21.6. The Hall–Kier alpha value is -3.61. The predicted octanol–water partition coefficient (Wildman–Crippen LogP) is 3.65. The fourth-order valence-corrected chi connectivity index (χ4v) is 4.75. The Balaban J connectivity index is 1.64. The minimum atomic E-state index is -4.58. The maximum Gasteiger partial charge on any atom is 0.416 e. The molecule has 2 heterocycles. The molecule has 2 aliphatic rings. The van der Waals surface area contributed by atoms with Gasteiger partial charge in [-0.3, -0.25) is 9.59 Å². The number of benzene rings is 2. The Morgan fingerprint density at radius 3 is 2.54 bits per heavy atom. The fourth-order valence-electron chi connectivity index (χ4n) is 4.75. The van der Waals surface area contributed by atoms with Crippen molar-refractivity contribution in [3.05, 3.63) is 53.6 Å². The van der Waals surface area contributed by atoms with E-state index in [1.165, 1.54) is 31.3 Å². The lowest BCUT2D eigenvalue weighted by Crippen LogP contribution is -2.47. The largest absolute Gasteiger partial charge is 0.481 e. The van der Waals surface area contributed by atoms with Crippen LogP contribution in [0.5, 0.6) is 11.5 Å². The number of carbonyl (C=O) groups excluding carboxylic acids is 2. The van der Waals surface area contributed by atoms with Crippen molar-refractivity contribution in [1.82, 2.24) is 0 Å². The molecule has 2 aromatic carbocycles. The van der Waals surface area contributed by atoms with Crippen molar-refractivity contribution in [3.8, 4) is 11.5 Å². The van der Waals surface area contributed by atoms with Crippen molar-refractivity contribution >= 4 is 28.8 Å². The zero-order chi connectivity index (χ0) is 28.4. The van der Waals surface area contributed by atoms with Gasteiger partial charge in [0.2, 0.25) is 5.91 Å². The quantitative estimate of drug-likeness (QED) is 0.484. The highest BCUT2D eigenvalue weighted by Gasteiger charge is 2.41. The molecule has 1 atom stereocenters. The van der Waals surface area contributed by atoms with Gasteiger partial charge >= 0.3 is 6.18 Å². The Morgan fingerprint density at radius 2 is 1.90 bits per heavy atom. The van der Waals surface area contributed by atoms with Crippen LogP contribution in [-0.2, 0) is 25.2 Å². The van der Waals surface area contributed by atoms with Gasteiger partial charge in [0.15, 0.2) is 11.7 Å². The number of amides is 2. The minimum Gasteiger partial charge on any atom is -0.481 e. The number of alkyl halides is 3. The summed E-state index contributed by atoms with van der Waals surface area (Å²) in [6, 6.07) is 7.90. The van der Waals surface area contributed by atoms with Gasteiger partial charge in [-0.25, -0.2) is 0 Å². The highest BCUT2D eigenvalue weighted by molar-refractivity contribution is 6.06. The standard InChI is InChI=1S/C27H29F3N2O7/c1-32-20-12-18(5-7-21(20)38-22(8-9-33)25(32)35)31-24(34)10-16-13-26(14-36-2,15-37-3)39-23-11-17(27(28,29)30)4-6-19(16)23/h4-7,10-12,22,33H,8-9,13-15H2,1-3H3,(H,31,34)/b16-10+. The first-order chi connectivity index (χ1) is 18.5. The highest BCUT2D eigenvalue weighted by atomic mass is 19.4. The SMILES string of the molecule is COCC1(COC)C/C(=C\C(=O)Nc2ccc3c(c2)N(C)C(=O)C(CCO)O3)c2ccc(C(F)(F)F)cc2O1. The molecule has 2 N–H and O–H groups in total. The van der Waals surface area contributed by atoms with Gasteiger partial charge in [-0.05, 0) is 35.9 Å². The lowest BCUT2D eigenvalue weighted by Gasteiger charge is -2.39. The zero-order valence-corrected chi connectivity index (χ0v) is 21.6. The van der Waals surface area contributed by atoms with E-state index >= 15 is 0 Å². The molecule has 0 saturated carbocycles. The van der Waals surface area contributed by atoms with Gasteiger partial charge in [0, 0.05) is 58.0 Å². The number of nitrogens with zero attached hydrogens (tertiary/aromatic N) is 1. The molecule has 0 fully saturated rings. The van der Waals surface area contributed by atoms with Crippen LogP contribution >= 0.6 is 0 Å². The maximum atomic E-state index is 13.4. The summed E-state index contributed by atoms with van der Waals surface area (Å²) in [6.45, 7) is -0.181. The Bertz CT molecular complexity index is 1270. The molecule has 1 unspecified atom stereocenters. The van der Waals surface area contributed by atoms with E-state index < -0.39 is 29.4 Å². The first kappa shape index (κ1) is 28.4. The van der Waals surface area contributed by atoms with Crippen LogP contribution in [0.15, 0.2) is 42.5 Å². The second kappa shape index (κ2) is 11.2. The van der Waals surface area contributed by atoms with E-state index in [0.717, 1.165) is 12.1 Å². The number of halogens is 3. The summed E-state index contributed by atoms with van der Waals surface area (Å²) in [6.07, 6.45) is -3.79. The molecule has 0 saturated heterocycles. The Morgan fingerprint density at radius 1 is 1.18 bits per heavy atom. The van der Waals surface area contributed by atoms with E-state index in [-0.39, 0.29) is 44.3 Å². The molecule has 39 heavy (non-hydrogen) atoms. The van der Waals surface area contributed by atoms with E-state index in [0.29, 0.717) is 28.3 Å². The average Bonchev–Trinajstić information content (AvgIpc) is 2.87. The van der Waals surface area contributed by atoms with Crippen LogP contribution in [0.25, 0.3) is 5.57 Å². The lowest BCUT2D eigenvalue weighted by molar-refractivity contribution is -0.138. The number of hydrogen-bond donors (Lipinski definition) is 2. The van der Waals surface area contributed by atoms with Gasteiger partial charge in [-0.15, -0.1) is 0 Å². The van der Waals surface area contributed by atoms with Crippen molar-refractivity contribution in [2.45, 2.75) is 30.7 Å². The molecule has 2 aliphatic heterocycles. The molecule has 12 heteroatoms. The van der Waals surface area contributed by atoms with Gasteiger partial charge < -0.3 is 34.3 Å². The van der Waals surface area contributed by atoms with Gasteiger partial charge in [0.1, 0.15) is 11.5 Å². The van der Waals surface area contributed by atoms with E-state index in [2.05, 4.69) is 5.32 Å². The maximum absolute atomic E-state index is 13.4. The molecule has 2 amide bonds. The van der Waals surface area contributed by atoms with Crippen LogP contribution in [0.4, 0.5) is 24.5 Å². The number of fused-ring (bicyclic) bond motifs is 2. The number of rotatable bonds is 8. The van der Waals surface area contributed by atoms with Crippen LogP contribution in [0, 0.1) is 0 Å². The summed E-state index contributed by atoms with van der Waals surface area (Å²) in [5, 5.41) is 11.9. The molecule has 210 valence electrons. The van der Waals surface area contributed by atoms with E-state index in [1.807, 2.05) is 0 Å². The van der Waals surface area contributed by atoms with Crippen molar-refractivity contribution in [1.29, 1.82) is 0 Å². The number of ether oxygens (including phenoxy) is 4. The molecule has 9 nitrogen and oxygen atoms in total. The Labute approximate surface area is 223 Å². The molecule has 0 bridgehead atoms. The molecular weight excluding hydrogens is 521 g/mol. The van der Waals surface area contributed by atoms with Crippen LogP contribution in [0.2, 0.25) is 0 Å². The summed E-state index contributed by atoms with van der Waals surface area (Å²) in [7, 11) is 4.44. The number of methoxy groups -OCH3 is 2. The molecule has 0 aliphatic carbocycles. The van der Waals surface area contributed by atoms with Crippen molar-refractivity contribution in [2.24, 2.45) is 0 Å². The van der Waals surface area contributed by atoms with Gasteiger partial charge in [0.25, 0.3) is 5.91 Å². The number of aliphatic hydroxyl groups is 1. The number of likely N-dealkylation sites (N-methyl/N-ethyl adjacent to an activating group) is 1. The van der Waals surface area contributed by atoms with E-state index in [4.69, 9.17) is 18.9 Å². The fraction of sp³-hybridized carbons (Fsp3) is 0.407. The van der Waals surface area contributed by atoms with E-state index in [1.54, 1.807) is 25.2 Å². The molecule has 2 aromatic rings. The molecule has 0 radical (unpaired) electrons. The molecule has 0 aromatic heterocycles. The summed E-state index contributed by atoms with van der Waals surface area (Å²) < 4.78 is 62.4. The molecule has 0 spiro atoms. The molecule has 4 rings (SSSR count). The number of aliphatic hydroxyl groups excluding tert-OH is 1. The minimum absolute atomic E-state index is 0.0119. The number of carbonyl (C=O) groups is 2. The third-order valence-electron chi connectivity index (χ3n) is 6.47. The summed E-state index contributed by atoms with van der Waals surface area (Å²) >= 11 is 0. The van der Waals surface area contributed by atoms with Crippen molar-refractivity contribution < 1.29 is 46.8 Å². The monoisotopic (exact) mass is 550 g/mol. The first-order valence-electron chi connectivity index (χ1n) is 12.1. The molecular formula is C27H29F3N2O7. The summed E-state index contributed by atoms with van der Waals surface area (Å²) in [5.74, 6) is -0.473. The van der Waals surface area contributed by atoms with Crippen molar-refractivity contribution in [3.63, 3.8) is 0 Å². The highest BCUT2D eigenvalue weighted by Crippen LogP contribution is 2.44. The van der Waals surface area contributed by atoms with E-state index in [9.17, 15) is 27.9 Å². The number of hydrogen-bond acceptors (Lipinski definition) is 7. The van der Waals surface area contributed by atoms with Crippen molar-refractivity contribution in [2.75, 3.05) is 51.3 Å². The normalized spacial score (nSPS) is 19.2. The van der Waals surface area contributed by atoms with Gasteiger partial charge in [0.05, 0.1) is 24.5 Å². The second-order valence-electron chi connectivity index (χ2n) is 9.39.